The van der Waals surface area contributed by atoms with E-state index in [1.807, 2.05) is 78.9 Å². The van der Waals surface area contributed by atoms with Crippen LogP contribution in [0.4, 0.5) is 14.4 Å². The third-order valence-electron chi connectivity index (χ3n) is 8.61. The zero-order valence-electron chi connectivity index (χ0n) is 33.3. The Bertz CT molecular complexity index is 1740. The van der Waals surface area contributed by atoms with E-state index in [4.69, 9.17) is 18.9 Å². The first kappa shape index (κ1) is 43.1. The lowest BCUT2D eigenvalue weighted by Crippen LogP contribution is -2.52. The maximum Gasteiger partial charge on any atom is 0.408 e. The van der Waals surface area contributed by atoms with E-state index in [0.29, 0.717) is 32.2 Å². The standard InChI is InChI=1S/C43H56N4O9/c1-42(2,3)55-38(49)35(25-15-17-26-44-39(50)53-28-29-18-8-7-9-19-29)46-37(48)34(24-14-16-27-45-40(51)56-43(4,5)6)47-41(52)54-36-32-22-12-10-20-30(32)31-21-11-13-23-33(31)36/h7-13,18-23,34-36H,14-17,24-28H2,1-6H3,(H,44,50)(H,45,51)(H,46,48)(H,47,52). The maximum atomic E-state index is 13.9. The van der Waals surface area contributed by atoms with E-state index in [-0.39, 0.29) is 26.0 Å². The van der Waals surface area contributed by atoms with Crippen molar-refractivity contribution in [2.24, 2.45) is 0 Å². The lowest BCUT2D eigenvalue weighted by atomic mass is 10.1. The van der Waals surface area contributed by atoms with Crippen LogP contribution in [0.3, 0.4) is 0 Å². The van der Waals surface area contributed by atoms with Crippen LogP contribution in [0.5, 0.6) is 0 Å². The third-order valence-corrected chi connectivity index (χ3v) is 8.61. The molecule has 4 rings (SSSR count). The monoisotopic (exact) mass is 772 g/mol. The van der Waals surface area contributed by atoms with E-state index >= 15 is 0 Å². The topological polar surface area (TPSA) is 170 Å². The van der Waals surface area contributed by atoms with E-state index in [9.17, 15) is 24.0 Å². The van der Waals surface area contributed by atoms with Crippen LogP contribution in [0.15, 0.2) is 78.9 Å². The summed E-state index contributed by atoms with van der Waals surface area (Å²) in [4.78, 5) is 65.2. The maximum absolute atomic E-state index is 13.9. The van der Waals surface area contributed by atoms with Gasteiger partial charge in [-0.1, -0.05) is 78.9 Å². The second kappa shape index (κ2) is 20.4. The Morgan fingerprint density at radius 1 is 0.589 bits per heavy atom. The molecule has 1 aliphatic carbocycles. The number of nitrogens with one attached hydrogen (secondary N) is 4. The highest BCUT2D eigenvalue weighted by atomic mass is 16.6. The summed E-state index contributed by atoms with van der Waals surface area (Å²) in [7, 11) is 0. The fourth-order valence-corrected chi connectivity index (χ4v) is 6.10. The summed E-state index contributed by atoms with van der Waals surface area (Å²) >= 11 is 0. The van der Waals surface area contributed by atoms with Gasteiger partial charge in [0.2, 0.25) is 5.91 Å². The van der Waals surface area contributed by atoms with Crippen LogP contribution in [-0.2, 0) is 35.1 Å². The van der Waals surface area contributed by atoms with E-state index in [2.05, 4.69) is 21.3 Å². The molecule has 0 heterocycles. The molecule has 13 nitrogen and oxygen atoms in total. The van der Waals surface area contributed by atoms with Gasteiger partial charge in [0, 0.05) is 24.2 Å². The average Bonchev–Trinajstić information content (AvgIpc) is 3.44. The Labute approximate surface area is 329 Å². The molecule has 0 spiro atoms. The average molecular weight is 773 g/mol. The number of fused-ring (bicyclic) bond motifs is 3. The number of amides is 4. The molecule has 0 aromatic heterocycles. The highest BCUT2D eigenvalue weighted by molar-refractivity contribution is 5.90. The zero-order chi connectivity index (χ0) is 40.7. The third kappa shape index (κ3) is 14.2. The summed E-state index contributed by atoms with van der Waals surface area (Å²) < 4.78 is 22.2. The molecule has 2 atom stereocenters. The molecule has 13 heteroatoms. The number of hydrogen-bond donors (Lipinski definition) is 4. The van der Waals surface area contributed by atoms with Crippen LogP contribution in [0.25, 0.3) is 11.1 Å². The molecule has 0 fully saturated rings. The fourth-order valence-electron chi connectivity index (χ4n) is 6.10. The van der Waals surface area contributed by atoms with Gasteiger partial charge in [-0.3, -0.25) is 4.79 Å². The molecule has 0 bridgehead atoms. The second-order valence-corrected chi connectivity index (χ2v) is 15.7. The molecule has 56 heavy (non-hydrogen) atoms. The molecule has 0 saturated carbocycles. The minimum atomic E-state index is -1.08. The van der Waals surface area contributed by atoms with Gasteiger partial charge in [0.1, 0.15) is 29.9 Å². The number of hydrogen-bond acceptors (Lipinski definition) is 9. The Morgan fingerprint density at radius 2 is 1.11 bits per heavy atom. The highest BCUT2D eigenvalue weighted by Crippen LogP contribution is 2.45. The molecular weight excluding hydrogens is 716 g/mol. The van der Waals surface area contributed by atoms with Crippen molar-refractivity contribution in [3.63, 3.8) is 0 Å². The molecule has 2 unspecified atom stereocenters. The molecule has 0 saturated heterocycles. The van der Waals surface area contributed by atoms with Crippen LogP contribution >= 0.6 is 0 Å². The summed E-state index contributed by atoms with van der Waals surface area (Å²) in [6, 6.07) is 22.6. The van der Waals surface area contributed by atoms with Crippen molar-refractivity contribution in [3.8, 4) is 11.1 Å². The number of alkyl carbamates (subject to hydrolysis) is 3. The fraction of sp³-hybridized carbons (Fsp3) is 0.465. The predicted octanol–water partition coefficient (Wildman–Crippen LogP) is 7.47. The number of unbranched alkanes of at least 4 members (excludes halogenated alkanes) is 2. The molecule has 0 aliphatic heterocycles. The van der Waals surface area contributed by atoms with Crippen LogP contribution < -0.4 is 21.3 Å². The van der Waals surface area contributed by atoms with Crippen molar-refractivity contribution >= 4 is 30.2 Å². The smallest absolute Gasteiger partial charge is 0.408 e. The molecule has 0 radical (unpaired) electrons. The Morgan fingerprint density at radius 3 is 1.68 bits per heavy atom. The van der Waals surface area contributed by atoms with Gasteiger partial charge < -0.3 is 40.2 Å². The number of rotatable bonds is 17. The van der Waals surface area contributed by atoms with Gasteiger partial charge in [-0.05, 0) is 96.8 Å². The largest absolute Gasteiger partial charge is 0.458 e. The summed E-state index contributed by atoms with van der Waals surface area (Å²) in [5, 5.41) is 11.0. The molecule has 4 amide bonds. The molecule has 4 N–H and O–H groups in total. The number of esters is 1. The van der Waals surface area contributed by atoms with Gasteiger partial charge in [0.05, 0.1) is 0 Å². The number of benzene rings is 3. The van der Waals surface area contributed by atoms with Crippen molar-refractivity contribution in [1.29, 1.82) is 0 Å². The number of carbonyl (C=O) groups is 5. The van der Waals surface area contributed by atoms with Gasteiger partial charge in [0.25, 0.3) is 0 Å². The van der Waals surface area contributed by atoms with E-state index < -0.39 is 59.5 Å². The first-order valence-electron chi connectivity index (χ1n) is 19.2. The SMILES string of the molecule is CC(C)(C)OC(=O)NCCCCC(NC(=O)OC1c2ccccc2-c2ccccc21)C(=O)NC(CCCCNC(=O)OCc1ccccc1)C(=O)OC(C)(C)C. The Kier molecular flexibility index (Phi) is 15.7. The summed E-state index contributed by atoms with van der Waals surface area (Å²) in [5.74, 6) is -1.21. The predicted molar refractivity (Wildman–Crippen MR) is 211 cm³/mol. The normalized spacial score (nSPS) is 13.2. The molecule has 1 aliphatic rings. The molecule has 3 aromatic carbocycles. The summed E-state index contributed by atoms with van der Waals surface area (Å²) in [6.45, 7) is 11.3. The Hall–Kier alpha value is -5.59. The second-order valence-electron chi connectivity index (χ2n) is 15.7. The van der Waals surface area contributed by atoms with Crippen molar-refractivity contribution < 1.29 is 42.9 Å². The summed E-state index contributed by atoms with van der Waals surface area (Å²) in [6.07, 6.45) is -0.304. The Balaban J connectivity index is 1.39. The summed E-state index contributed by atoms with van der Waals surface area (Å²) in [5.41, 5.74) is 3.00. The quantitative estimate of drug-likeness (QED) is 0.0618. The van der Waals surface area contributed by atoms with E-state index in [0.717, 1.165) is 27.8 Å². The van der Waals surface area contributed by atoms with Gasteiger partial charge in [-0.2, -0.15) is 0 Å². The van der Waals surface area contributed by atoms with Gasteiger partial charge in [-0.15, -0.1) is 0 Å². The van der Waals surface area contributed by atoms with Crippen LogP contribution in [-0.4, -0.2) is 66.5 Å². The lowest BCUT2D eigenvalue weighted by molar-refractivity contribution is -0.159. The van der Waals surface area contributed by atoms with E-state index in [1.165, 1.54) is 0 Å². The minimum Gasteiger partial charge on any atom is -0.458 e. The van der Waals surface area contributed by atoms with Gasteiger partial charge in [0.15, 0.2) is 6.10 Å². The van der Waals surface area contributed by atoms with Gasteiger partial charge in [-0.25, -0.2) is 19.2 Å². The van der Waals surface area contributed by atoms with Crippen LogP contribution in [0.2, 0.25) is 0 Å². The first-order chi connectivity index (χ1) is 26.6. The molecular formula is C43H56N4O9. The van der Waals surface area contributed by atoms with Crippen molar-refractivity contribution in [2.75, 3.05) is 13.1 Å². The molecule has 3 aromatic rings. The highest BCUT2D eigenvalue weighted by Gasteiger charge is 2.34. The molecule has 302 valence electrons. The lowest BCUT2D eigenvalue weighted by Gasteiger charge is -2.26. The first-order valence-corrected chi connectivity index (χ1v) is 19.2. The number of ether oxygens (including phenoxy) is 4. The van der Waals surface area contributed by atoms with Crippen LogP contribution in [0.1, 0.15) is 103 Å². The van der Waals surface area contributed by atoms with Crippen molar-refractivity contribution in [3.05, 3.63) is 95.6 Å². The van der Waals surface area contributed by atoms with E-state index in [1.54, 1.807) is 41.5 Å². The minimum absolute atomic E-state index is 0.143. The van der Waals surface area contributed by atoms with Gasteiger partial charge >= 0.3 is 24.2 Å². The van der Waals surface area contributed by atoms with Crippen LogP contribution in [0, 0.1) is 0 Å². The van der Waals surface area contributed by atoms with Crippen molar-refractivity contribution in [1.82, 2.24) is 21.3 Å². The van der Waals surface area contributed by atoms with Crippen molar-refractivity contribution in [2.45, 2.75) is 116 Å². The number of carbonyl (C=O) groups excluding carboxylic acids is 5. The zero-order valence-corrected chi connectivity index (χ0v) is 33.3.